The van der Waals surface area contributed by atoms with Crippen molar-refractivity contribution in [1.82, 2.24) is 5.32 Å². The van der Waals surface area contributed by atoms with Gasteiger partial charge in [0.2, 0.25) is 0 Å². The standard InChI is InChI=1S/C29H31F4NO3/c30-27-9-4-8-26(29(31,32)33)25(27)20-37-28-18-34-15-14-24(28)22-10-12-23(13-11-22)36-17-5-16-35-19-21-6-2-1-3-7-21/h1-4,6-13,24,28,34H,5,14-20H2. The van der Waals surface area contributed by atoms with Gasteiger partial charge < -0.3 is 19.5 Å². The van der Waals surface area contributed by atoms with Crippen molar-refractivity contribution in [3.05, 3.63) is 101 Å². The van der Waals surface area contributed by atoms with E-state index >= 15 is 0 Å². The number of nitrogens with one attached hydrogen (secondary N) is 1. The first-order valence-electron chi connectivity index (χ1n) is 12.4. The molecule has 0 spiro atoms. The number of halogens is 4. The van der Waals surface area contributed by atoms with Gasteiger partial charge in [-0.05, 0) is 48.4 Å². The molecule has 4 nitrogen and oxygen atoms in total. The Hall–Kier alpha value is -2.94. The van der Waals surface area contributed by atoms with Crippen molar-refractivity contribution in [1.29, 1.82) is 0 Å². The van der Waals surface area contributed by atoms with Crippen molar-refractivity contribution in [3.8, 4) is 5.75 Å². The van der Waals surface area contributed by atoms with E-state index in [-0.39, 0.29) is 12.0 Å². The van der Waals surface area contributed by atoms with Crippen LogP contribution in [0.2, 0.25) is 0 Å². The zero-order chi connectivity index (χ0) is 26.1. The van der Waals surface area contributed by atoms with Crippen LogP contribution in [-0.2, 0) is 28.9 Å². The van der Waals surface area contributed by atoms with Gasteiger partial charge in [-0.25, -0.2) is 4.39 Å². The van der Waals surface area contributed by atoms with Crippen LogP contribution in [0.25, 0.3) is 0 Å². The van der Waals surface area contributed by atoms with Gasteiger partial charge in [-0.2, -0.15) is 13.2 Å². The predicted octanol–water partition coefficient (Wildman–Crippen LogP) is 6.49. The molecular weight excluding hydrogens is 486 g/mol. The number of hydrogen-bond acceptors (Lipinski definition) is 4. The number of hydrogen-bond donors (Lipinski definition) is 1. The first-order valence-corrected chi connectivity index (χ1v) is 12.4. The summed E-state index contributed by atoms with van der Waals surface area (Å²) in [5.41, 5.74) is 0.680. The molecule has 1 aliphatic rings. The molecule has 3 aromatic rings. The number of piperidine rings is 1. The summed E-state index contributed by atoms with van der Waals surface area (Å²) < 4.78 is 71.6. The molecule has 1 fully saturated rings. The van der Waals surface area contributed by atoms with Crippen LogP contribution in [0.1, 0.15) is 41.0 Å². The second-order valence-electron chi connectivity index (χ2n) is 9.02. The monoisotopic (exact) mass is 517 g/mol. The van der Waals surface area contributed by atoms with E-state index in [9.17, 15) is 17.6 Å². The SMILES string of the molecule is Fc1cccc(C(F)(F)F)c1COC1CNCCC1c1ccc(OCCCOCc2ccccc2)cc1. The van der Waals surface area contributed by atoms with Crippen molar-refractivity contribution in [2.75, 3.05) is 26.3 Å². The van der Waals surface area contributed by atoms with Gasteiger partial charge in [-0.1, -0.05) is 48.5 Å². The average molecular weight is 518 g/mol. The lowest BCUT2D eigenvalue weighted by Gasteiger charge is -2.33. The molecule has 198 valence electrons. The van der Waals surface area contributed by atoms with E-state index in [4.69, 9.17) is 14.2 Å². The van der Waals surface area contributed by atoms with Crippen LogP contribution in [0, 0.1) is 5.82 Å². The van der Waals surface area contributed by atoms with Crippen LogP contribution in [0.4, 0.5) is 17.6 Å². The quantitative estimate of drug-likeness (QED) is 0.233. The second kappa shape index (κ2) is 13.0. The van der Waals surface area contributed by atoms with E-state index in [1.807, 2.05) is 54.6 Å². The van der Waals surface area contributed by atoms with Gasteiger partial charge in [0.15, 0.2) is 0 Å². The van der Waals surface area contributed by atoms with E-state index < -0.39 is 29.7 Å². The summed E-state index contributed by atoms with van der Waals surface area (Å²) in [4.78, 5) is 0. The van der Waals surface area contributed by atoms with Gasteiger partial charge in [0, 0.05) is 24.4 Å². The Morgan fingerprint density at radius 3 is 2.41 bits per heavy atom. The second-order valence-corrected chi connectivity index (χ2v) is 9.02. The highest BCUT2D eigenvalue weighted by Gasteiger charge is 2.35. The van der Waals surface area contributed by atoms with Crippen molar-refractivity contribution in [2.24, 2.45) is 0 Å². The highest BCUT2D eigenvalue weighted by atomic mass is 19.4. The summed E-state index contributed by atoms with van der Waals surface area (Å²) in [6.45, 7) is 2.48. The van der Waals surface area contributed by atoms with Crippen LogP contribution < -0.4 is 10.1 Å². The third-order valence-electron chi connectivity index (χ3n) is 6.41. The summed E-state index contributed by atoms with van der Waals surface area (Å²) in [6.07, 6.45) is -3.51. The molecule has 3 aromatic carbocycles. The lowest BCUT2D eigenvalue weighted by molar-refractivity contribution is -0.139. The van der Waals surface area contributed by atoms with Gasteiger partial charge in [0.25, 0.3) is 0 Å². The Morgan fingerprint density at radius 1 is 0.865 bits per heavy atom. The number of ether oxygens (including phenoxy) is 3. The third-order valence-corrected chi connectivity index (χ3v) is 6.41. The van der Waals surface area contributed by atoms with Gasteiger partial charge in [-0.3, -0.25) is 0 Å². The topological polar surface area (TPSA) is 39.7 Å². The zero-order valence-corrected chi connectivity index (χ0v) is 20.5. The summed E-state index contributed by atoms with van der Waals surface area (Å²) in [5, 5.41) is 3.22. The molecule has 0 saturated carbocycles. The highest BCUT2D eigenvalue weighted by Crippen LogP contribution is 2.35. The largest absolute Gasteiger partial charge is 0.494 e. The Balaban J connectivity index is 1.28. The molecule has 1 N–H and O–H groups in total. The number of benzene rings is 3. The lowest BCUT2D eigenvalue weighted by atomic mass is 9.87. The Morgan fingerprint density at radius 2 is 1.65 bits per heavy atom. The molecule has 37 heavy (non-hydrogen) atoms. The molecule has 1 saturated heterocycles. The van der Waals surface area contributed by atoms with E-state index in [1.54, 1.807) is 0 Å². The van der Waals surface area contributed by atoms with Crippen molar-refractivity contribution >= 4 is 0 Å². The molecule has 0 radical (unpaired) electrons. The van der Waals surface area contributed by atoms with Crippen LogP contribution in [0.5, 0.6) is 5.75 Å². The average Bonchev–Trinajstić information content (AvgIpc) is 2.90. The minimum absolute atomic E-state index is 0.0252. The van der Waals surface area contributed by atoms with Gasteiger partial charge in [0.05, 0.1) is 38.1 Å². The molecule has 0 amide bonds. The minimum Gasteiger partial charge on any atom is -0.494 e. The van der Waals surface area contributed by atoms with Crippen LogP contribution in [0.3, 0.4) is 0 Å². The van der Waals surface area contributed by atoms with Crippen molar-refractivity contribution in [3.63, 3.8) is 0 Å². The maximum atomic E-state index is 14.2. The maximum Gasteiger partial charge on any atom is 0.416 e. The molecule has 1 heterocycles. The molecule has 4 rings (SSSR count). The fraction of sp³-hybridized carbons (Fsp3) is 0.379. The molecular formula is C29H31F4NO3. The summed E-state index contributed by atoms with van der Waals surface area (Å²) in [6, 6.07) is 20.6. The number of alkyl halides is 3. The van der Waals surface area contributed by atoms with Gasteiger partial charge in [-0.15, -0.1) is 0 Å². The van der Waals surface area contributed by atoms with E-state index in [2.05, 4.69) is 5.32 Å². The molecule has 0 bridgehead atoms. The highest BCUT2D eigenvalue weighted by molar-refractivity contribution is 5.32. The smallest absolute Gasteiger partial charge is 0.416 e. The molecule has 0 aromatic heterocycles. The minimum atomic E-state index is -4.64. The van der Waals surface area contributed by atoms with E-state index in [0.29, 0.717) is 26.4 Å². The van der Waals surface area contributed by atoms with Crippen LogP contribution in [0.15, 0.2) is 72.8 Å². The van der Waals surface area contributed by atoms with E-state index in [0.717, 1.165) is 54.5 Å². The summed E-state index contributed by atoms with van der Waals surface area (Å²) in [5.74, 6) is -0.204. The fourth-order valence-electron chi connectivity index (χ4n) is 4.47. The molecule has 2 atom stereocenters. The maximum absolute atomic E-state index is 14.2. The van der Waals surface area contributed by atoms with Gasteiger partial charge in [0.1, 0.15) is 11.6 Å². The number of rotatable bonds is 11. The Kier molecular flexibility index (Phi) is 9.55. The fourth-order valence-corrected chi connectivity index (χ4v) is 4.47. The zero-order valence-electron chi connectivity index (χ0n) is 20.5. The predicted molar refractivity (Wildman–Crippen MR) is 133 cm³/mol. The van der Waals surface area contributed by atoms with Crippen LogP contribution in [-0.4, -0.2) is 32.4 Å². The first-order chi connectivity index (χ1) is 17.9. The van der Waals surface area contributed by atoms with E-state index in [1.165, 1.54) is 0 Å². The molecule has 8 heteroatoms. The normalized spacial score (nSPS) is 18.1. The van der Waals surface area contributed by atoms with Crippen LogP contribution >= 0.6 is 0 Å². The lowest BCUT2D eigenvalue weighted by Crippen LogP contribution is -2.41. The van der Waals surface area contributed by atoms with Gasteiger partial charge >= 0.3 is 6.18 Å². The Labute approximate surface area is 214 Å². The third kappa shape index (κ3) is 7.77. The summed E-state index contributed by atoms with van der Waals surface area (Å²) >= 11 is 0. The van der Waals surface area contributed by atoms with Crippen molar-refractivity contribution < 1.29 is 31.8 Å². The first kappa shape index (κ1) is 27.1. The molecule has 2 unspecified atom stereocenters. The molecule has 1 aliphatic heterocycles. The molecule has 0 aliphatic carbocycles. The van der Waals surface area contributed by atoms with Crippen molar-refractivity contribution in [2.45, 2.75) is 44.3 Å². The summed E-state index contributed by atoms with van der Waals surface area (Å²) in [7, 11) is 0. The Bertz CT molecular complexity index is 1110.